The van der Waals surface area contributed by atoms with Crippen molar-refractivity contribution >= 4 is 40.0 Å². The number of rotatable bonds is 8. The first-order valence-electron chi connectivity index (χ1n) is 5.95. The summed E-state index contributed by atoms with van der Waals surface area (Å²) in [6.07, 6.45) is 5.26. The van der Waals surface area contributed by atoms with Crippen LogP contribution in [-0.2, 0) is 6.42 Å². The normalized spacial score (nSPS) is 10.5. The number of carbonyl (C=O) groups is 1. The highest BCUT2D eigenvalue weighted by molar-refractivity contribution is 14.1. The van der Waals surface area contributed by atoms with Crippen molar-refractivity contribution < 1.29 is 4.79 Å². The van der Waals surface area contributed by atoms with Gasteiger partial charge in [-0.05, 0) is 35.2 Å². The highest BCUT2D eigenvalue weighted by Gasteiger charge is 2.14. The van der Waals surface area contributed by atoms with Gasteiger partial charge in [0.2, 0.25) is 0 Å². The summed E-state index contributed by atoms with van der Waals surface area (Å²) in [6.45, 7) is 2.82. The summed E-state index contributed by atoms with van der Waals surface area (Å²) in [4.78, 5) is 12.5. The molecule has 0 aromatic carbocycles. The lowest BCUT2D eigenvalue weighted by molar-refractivity contribution is 0.0956. The van der Waals surface area contributed by atoms with Crippen molar-refractivity contribution in [3.63, 3.8) is 0 Å². The fourth-order valence-electron chi connectivity index (χ4n) is 1.46. The smallest absolute Gasteiger partial charge is 0.264 e. The number of halogens is 1. The van der Waals surface area contributed by atoms with Gasteiger partial charge in [0, 0.05) is 6.54 Å². The molecule has 0 atom stereocenters. The fraction of sp³-hybridized carbons (Fsp3) is 0.727. The van der Waals surface area contributed by atoms with Gasteiger partial charge in [0.1, 0.15) is 4.88 Å². The van der Waals surface area contributed by atoms with Crippen molar-refractivity contribution in [3.05, 3.63) is 10.6 Å². The van der Waals surface area contributed by atoms with E-state index in [0.717, 1.165) is 31.5 Å². The molecule has 0 unspecified atom stereocenters. The summed E-state index contributed by atoms with van der Waals surface area (Å²) in [6, 6.07) is 0. The summed E-state index contributed by atoms with van der Waals surface area (Å²) in [5.74, 6) is -0.0158. The summed E-state index contributed by atoms with van der Waals surface area (Å²) in [5, 5.41) is 6.92. The third kappa shape index (κ3) is 5.29. The molecule has 0 aliphatic heterocycles. The molecule has 1 rings (SSSR count). The zero-order chi connectivity index (χ0) is 12.5. The molecule has 1 heterocycles. The Bertz CT molecular complexity index is 343. The van der Waals surface area contributed by atoms with E-state index < -0.39 is 0 Å². The number of aryl methyl sites for hydroxylation is 1. The maximum Gasteiger partial charge on any atom is 0.264 e. The Hall–Kier alpha value is -0.240. The first-order chi connectivity index (χ1) is 8.29. The van der Waals surface area contributed by atoms with Gasteiger partial charge < -0.3 is 5.32 Å². The van der Waals surface area contributed by atoms with Crippen LogP contribution in [0.3, 0.4) is 0 Å². The van der Waals surface area contributed by atoms with Gasteiger partial charge in [-0.2, -0.15) is 0 Å². The standard InChI is InChI=1S/C11H18IN3OS/c1-2-6-9-10(17-15-14-9)11(16)13-8-5-3-4-7-12/h2-8H2,1H3,(H,13,16). The van der Waals surface area contributed by atoms with Gasteiger partial charge in [0.05, 0.1) is 5.69 Å². The Morgan fingerprint density at radius 1 is 1.41 bits per heavy atom. The van der Waals surface area contributed by atoms with Crippen molar-refractivity contribution in [3.8, 4) is 0 Å². The van der Waals surface area contributed by atoms with E-state index in [2.05, 4.69) is 44.4 Å². The number of nitrogens with zero attached hydrogens (tertiary/aromatic N) is 2. The van der Waals surface area contributed by atoms with E-state index in [1.165, 1.54) is 28.8 Å². The second kappa shape index (κ2) is 8.79. The monoisotopic (exact) mass is 367 g/mol. The Balaban J connectivity index is 2.33. The number of carbonyl (C=O) groups excluding carboxylic acids is 1. The molecule has 1 N–H and O–H groups in total. The third-order valence-electron chi connectivity index (χ3n) is 2.34. The van der Waals surface area contributed by atoms with E-state index >= 15 is 0 Å². The lowest BCUT2D eigenvalue weighted by Crippen LogP contribution is -2.24. The highest BCUT2D eigenvalue weighted by Crippen LogP contribution is 2.12. The van der Waals surface area contributed by atoms with E-state index in [1.54, 1.807) is 0 Å². The van der Waals surface area contributed by atoms with Crippen LogP contribution >= 0.6 is 34.1 Å². The van der Waals surface area contributed by atoms with Crippen LogP contribution in [0.5, 0.6) is 0 Å². The van der Waals surface area contributed by atoms with Gasteiger partial charge >= 0.3 is 0 Å². The van der Waals surface area contributed by atoms with Crippen LogP contribution < -0.4 is 5.32 Å². The van der Waals surface area contributed by atoms with Gasteiger partial charge in [-0.3, -0.25) is 4.79 Å². The molecular weight excluding hydrogens is 349 g/mol. The lowest BCUT2D eigenvalue weighted by atomic mass is 10.2. The van der Waals surface area contributed by atoms with Crippen molar-refractivity contribution in [2.75, 3.05) is 11.0 Å². The largest absolute Gasteiger partial charge is 0.351 e. The zero-order valence-electron chi connectivity index (χ0n) is 10.0. The molecule has 0 bridgehead atoms. The number of unbranched alkanes of at least 4 members (excludes halogenated alkanes) is 2. The molecular formula is C11H18IN3OS. The summed E-state index contributed by atoms with van der Waals surface area (Å²) < 4.78 is 5.03. The second-order valence-corrected chi connectivity index (χ2v) is 5.64. The van der Waals surface area contributed by atoms with E-state index in [9.17, 15) is 4.79 Å². The van der Waals surface area contributed by atoms with E-state index in [0.29, 0.717) is 4.88 Å². The number of nitrogens with one attached hydrogen (secondary N) is 1. The highest BCUT2D eigenvalue weighted by atomic mass is 127. The Labute approximate surface area is 120 Å². The summed E-state index contributed by atoms with van der Waals surface area (Å²) >= 11 is 3.56. The van der Waals surface area contributed by atoms with Crippen molar-refractivity contribution in [2.24, 2.45) is 0 Å². The predicted octanol–water partition coefficient (Wildman–Crippen LogP) is 2.83. The maximum absolute atomic E-state index is 11.9. The molecule has 1 aromatic rings. The molecule has 0 aliphatic carbocycles. The van der Waals surface area contributed by atoms with Gasteiger partial charge in [-0.1, -0.05) is 46.8 Å². The molecule has 0 spiro atoms. The number of hydrogen-bond donors (Lipinski definition) is 1. The molecule has 1 aromatic heterocycles. The fourth-order valence-corrected chi connectivity index (χ4v) is 2.62. The van der Waals surface area contributed by atoms with Crippen LogP contribution in [0.4, 0.5) is 0 Å². The van der Waals surface area contributed by atoms with E-state index in [4.69, 9.17) is 0 Å². The van der Waals surface area contributed by atoms with Crippen LogP contribution in [0.1, 0.15) is 48.0 Å². The summed E-state index contributed by atoms with van der Waals surface area (Å²) in [7, 11) is 0. The molecule has 0 aliphatic rings. The molecule has 96 valence electrons. The number of alkyl halides is 1. The number of aromatic nitrogens is 2. The van der Waals surface area contributed by atoms with Gasteiger partial charge in [-0.25, -0.2) is 0 Å². The predicted molar refractivity (Wildman–Crippen MR) is 79.0 cm³/mol. The van der Waals surface area contributed by atoms with Crippen molar-refractivity contribution in [2.45, 2.75) is 39.0 Å². The molecule has 0 fully saturated rings. The van der Waals surface area contributed by atoms with Crippen molar-refractivity contribution in [1.29, 1.82) is 0 Å². The first kappa shape index (κ1) is 14.8. The minimum Gasteiger partial charge on any atom is -0.351 e. The van der Waals surface area contributed by atoms with E-state index in [1.807, 2.05) is 0 Å². The van der Waals surface area contributed by atoms with Crippen LogP contribution in [-0.4, -0.2) is 26.5 Å². The minimum absolute atomic E-state index is 0.0158. The minimum atomic E-state index is -0.0158. The molecule has 4 nitrogen and oxygen atoms in total. The third-order valence-corrected chi connectivity index (χ3v) is 3.87. The lowest BCUT2D eigenvalue weighted by Gasteiger charge is -2.03. The average molecular weight is 367 g/mol. The number of amides is 1. The summed E-state index contributed by atoms with van der Waals surface area (Å²) in [5.41, 5.74) is 0.835. The Morgan fingerprint density at radius 3 is 2.94 bits per heavy atom. The SMILES string of the molecule is CCCc1nnsc1C(=O)NCCCCCI. The topological polar surface area (TPSA) is 54.9 Å². The Morgan fingerprint density at radius 2 is 2.24 bits per heavy atom. The molecule has 0 saturated carbocycles. The molecule has 1 amide bonds. The van der Waals surface area contributed by atoms with Crippen molar-refractivity contribution in [1.82, 2.24) is 14.9 Å². The maximum atomic E-state index is 11.9. The first-order valence-corrected chi connectivity index (χ1v) is 8.24. The molecule has 6 heteroatoms. The van der Waals surface area contributed by atoms with Gasteiger partial charge in [0.25, 0.3) is 5.91 Å². The quantitative estimate of drug-likeness (QED) is 0.437. The zero-order valence-corrected chi connectivity index (χ0v) is 13.0. The number of hydrogen-bond acceptors (Lipinski definition) is 4. The van der Waals surface area contributed by atoms with Crippen LogP contribution in [0.2, 0.25) is 0 Å². The molecule has 17 heavy (non-hydrogen) atoms. The molecule has 0 saturated heterocycles. The van der Waals surface area contributed by atoms with Crippen LogP contribution in [0.15, 0.2) is 0 Å². The van der Waals surface area contributed by atoms with Crippen LogP contribution in [0.25, 0.3) is 0 Å². The van der Waals surface area contributed by atoms with Crippen LogP contribution in [0, 0.1) is 0 Å². The molecule has 0 radical (unpaired) electrons. The average Bonchev–Trinajstić information content (AvgIpc) is 2.77. The van der Waals surface area contributed by atoms with Gasteiger partial charge in [0.15, 0.2) is 0 Å². The Kier molecular flexibility index (Phi) is 7.67. The second-order valence-electron chi connectivity index (χ2n) is 3.80. The van der Waals surface area contributed by atoms with E-state index in [-0.39, 0.29) is 5.91 Å². The van der Waals surface area contributed by atoms with Gasteiger partial charge in [-0.15, -0.1) is 5.10 Å².